The smallest absolute Gasteiger partial charge is 0.235 e. The number of carbonyl (C=O) groups is 1. The van der Waals surface area contributed by atoms with Crippen molar-refractivity contribution in [3.8, 4) is 0 Å². The lowest BCUT2D eigenvalue weighted by molar-refractivity contribution is -0.131. The molecular formula is C15H18Cl2N4OS. The van der Waals surface area contributed by atoms with Gasteiger partial charge in [0, 0.05) is 19.3 Å². The molecule has 1 aliphatic heterocycles. The van der Waals surface area contributed by atoms with Gasteiger partial charge in [-0.2, -0.15) is 0 Å². The number of aromatic nitrogens is 3. The Hall–Kier alpha value is -0.980. The van der Waals surface area contributed by atoms with Crippen molar-refractivity contribution in [2.24, 2.45) is 5.92 Å². The Balaban J connectivity index is 1.75. The molecule has 5 nitrogen and oxygen atoms in total. The van der Waals surface area contributed by atoms with Gasteiger partial charge in [0.05, 0.1) is 15.3 Å². The molecule has 1 amide bonds. The molecule has 1 unspecified atom stereocenters. The molecule has 0 bridgehead atoms. The van der Waals surface area contributed by atoms with Gasteiger partial charge >= 0.3 is 0 Å². The molecule has 23 heavy (non-hydrogen) atoms. The summed E-state index contributed by atoms with van der Waals surface area (Å²) in [6, 6.07) is 1.63. The van der Waals surface area contributed by atoms with E-state index in [9.17, 15) is 4.79 Å². The first-order chi connectivity index (χ1) is 11.0. The molecule has 2 aromatic heterocycles. The number of pyridine rings is 1. The first kappa shape index (κ1) is 16.9. The van der Waals surface area contributed by atoms with Crippen molar-refractivity contribution in [3.63, 3.8) is 0 Å². The molecule has 0 N–H and O–H groups in total. The molecule has 1 atom stereocenters. The third kappa shape index (κ3) is 3.59. The average Bonchev–Trinajstić information content (AvgIpc) is 2.90. The van der Waals surface area contributed by atoms with Crippen molar-refractivity contribution in [2.45, 2.75) is 37.1 Å². The second kappa shape index (κ2) is 6.87. The maximum Gasteiger partial charge on any atom is 0.235 e. The predicted octanol–water partition coefficient (Wildman–Crippen LogP) is 3.78. The van der Waals surface area contributed by atoms with Gasteiger partial charge in [-0.05, 0) is 31.7 Å². The van der Waals surface area contributed by atoms with Crippen LogP contribution in [0.15, 0.2) is 17.4 Å². The number of piperidine rings is 1. The Kier molecular flexibility index (Phi) is 5.04. The van der Waals surface area contributed by atoms with Gasteiger partial charge in [0.2, 0.25) is 5.91 Å². The van der Waals surface area contributed by atoms with Gasteiger partial charge in [-0.15, -0.1) is 10.2 Å². The molecular weight excluding hydrogens is 355 g/mol. The van der Waals surface area contributed by atoms with Crippen molar-refractivity contribution in [2.75, 3.05) is 13.1 Å². The summed E-state index contributed by atoms with van der Waals surface area (Å²) >= 11 is 13.5. The average molecular weight is 373 g/mol. The van der Waals surface area contributed by atoms with Gasteiger partial charge in [0.25, 0.3) is 0 Å². The fourth-order valence-electron chi connectivity index (χ4n) is 2.68. The van der Waals surface area contributed by atoms with E-state index in [4.69, 9.17) is 23.2 Å². The lowest BCUT2D eigenvalue weighted by Gasteiger charge is -2.31. The second-order valence-electron chi connectivity index (χ2n) is 5.95. The fourth-order valence-corrected chi connectivity index (χ4v) is 4.09. The minimum atomic E-state index is -0.228. The summed E-state index contributed by atoms with van der Waals surface area (Å²) < 4.78 is 1.73. The quantitative estimate of drug-likeness (QED) is 0.769. The summed E-state index contributed by atoms with van der Waals surface area (Å²) in [5.74, 6) is 0.846. The van der Waals surface area contributed by atoms with E-state index in [1.54, 1.807) is 16.7 Å². The van der Waals surface area contributed by atoms with Crippen molar-refractivity contribution >= 4 is 46.5 Å². The maximum atomic E-state index is 12.6. The highest BCUT2D eigenvalue weighted by molar-refractivity contribution is 8.00. The summed E-state index contributed by atoms with van der Waals surface area (Å²) in [4.78, 5) is 14.5. The number of fused-ring (bicyclic) bond motifs is 1. The summed E-state index contributed by atoms with van der Waals surface area (Å²) in [6.45, 7) is 5.81. The minimum absolute atomic E-state index is 0.145. The van der Waals surface area contributed by atoms with Crippen molar-refractivity contribution in [1.29, 1.82) is 0 Å². The number of halogens is 2. The van der Waals surface area contributed by atoms with E-state index in [1.165, 1.54) is 11.8 Å². The zero-order chi connectivity index (χ0) is 16.6. The molecule has 0 saturated carbocycles. The number of likely N-dealkylation sites (tertiary alicyclic amines) is 1. The van der Waals surface area contributed by atoms with E-state index >= 15 is 0 Å². The summed E-state index contributed by atoms with van der Waals surface area (Å²) in [7, 11) is 0. The first-order valence-corrected chi connectivity index (χ1v) is 9.24. The molecule has 124 valence electrons. The van der Waals surface area contributed by atoms with Crippen LogP contribution in [0.4, 0.5) is 0 Å². The van der Waals surface area contributed by atoms with Gasteiger partial charge in [-0.1, -0.05) is 41.9 Å². The summed E-state index contributed by atoms with van der Waals surface area (Å²) in [6.07, 6.45) is 3.86. The largest absolute Gasteiger partial charge is 0.342 e. The monoisotopic (exact) mass is 372 g/mol. The Morgan fingerprint density at radius 1 is 1.35 bits per heavy atom. The standard InChI is InChI=1S/C15H18Cl2N4OS/c1-9-3-5-20(6-4-9)14(22)10(2)23-15-19-18-13-12(17)7-11(16)8-21(13)15/h7-10H,3-6H2,1-2H3. The summed E-state index contributed by atoms with van der Waals surface area (Å²) in [5, 5.41) is 9.56. The Labute approximate surface area is 149 Å². The van der Waals surface area contributed by atoms with Gasteiger partial charge < -0.3 is 4.90 Å². The molecule has 0 spiro atoms. The number of hydrogen-bond acceptors (Lipinski definition) is 4. The van der Waals surface area contributed by atoms with Crippen molar-refractivity contribution in [1.82, 2.24) is 19.5 Å². The van der Waals surface area contributed by atoms with E-state index in [1.807, 2.05) is 11.8 Å². The molecule has 0 aromatic carbocycles. The molecule has 1 saturated heterocycles. The molecule has 0 aliphatic carbocycles. The molecule has 3 heterocycles. The van der Waals surface area contributed by atoms with Gasteiger partial charge in [-0.3, -0.25) is 9.20 Å². The van der Waals surface area contributed by atoms with Crippen molar-refractivity contribution in [3.05, 3.63) is 22.3 Å². The Morgan fingerprint density at radius 3 is 2.74 bits per heavy atom. The van der Waals surface area contributed by atoms with Crippen LogP contribution in [0, 0.1) is 5.92 Å². The van der Waals surface area contributed by atoms with Crippen LogP contribution in [0.25, 0.3) is 5.65 Å². The zero-order valence-corrected chi connectivity index (χ0v) is 15.3. The van der Waals surface area contributed by atoms with E-state index in [0.29, 0.717) is 26.8 Å². The van der Waals surface area contributed by atoms with Crippen LogP contribution in [-0.4, -0.2) is 43.7 Å². The second-order valence-corrected chi connectivity index (χ2v) is 8.10. The molecule has 8 heteroatoms. The number of thioether (sulfide) groups is 1. The molecule has 3 rings (SSSR count). The van der Waals surface area contributed by atoms with Crippen LogP contribution >= 0.6 is 35.0 Å². The lowest BCUT2D eigenvalue weighted by Crippen LogP contribution is -2.41. The lowest BCUT2D eigenvalue weighted by atomic mass is 9.99. The van der Waals surface area contributed by atoms with E-state index in [0.717, 1.165) is 25.9 Å². The predicted molar refractivity (Wildman–Crippen MR) is 93.3 cm³/mol. The highest BCUT2D eigenvalue weighted by Gasteiger charge is 2.26. The molecule has 2 aromatic rings. The number of hydrogen-bond donors (Lipinski definition) is 0. The van der Waals surface area contributed by atoms with Crippen LogP contribution < -0.4 is 0 Å². The first-order valence-electron chi connectivity index (χ1n) is 7.61. The van der Waals surface area contributed by atoms with Crippen LogP contribution in [0.5, 0.6) is 0 Å². The van der Waals surface area contributed by atoms with E-state index in [-0.39, 0.29) is 11.2 Å². The SMILES string of the molecule is CC1CCN(C(=O)C(C)Sc2nnc3c(Cl)cc(Cl)cn23)CC1. The van der Waals surface area contributed by atoms with E-state index < -0.39 is 0 Å². The van der Waals surface area contributed by atoms with Gasteiger partial charge in [0.1, 0.15) is 0 Å². The number of nitrogens with zero attached hydrogens (tertiary/aromatic N) is 4. The topological polar surface area (TPSA) is 50.5 Å². The fraction of sp³-hybridized carbons (Fsp3) is 0.533. The third-order valence-electron chi connectivity index (χ3n) is 4.12. The summed E-state index contributed by atoms with van der Waals surface area (Å²) in [5.41, 5.74) is 0.546. The molecule has 1 aliphatic rings. The van der Waals surface area contributed by atoms with Crippen LogP contribution in [0.2, 0.25) is 10.0 Å². The minimum Gasteiger partial charge on any atom is -0.342 e. The third-order valence-corrected chi connectivity index (χ3v) is 5.65. The van der Waals surface area contributed by atoms with Gasteiger partial charge in [0.15, 0.2) is 10.8 Å². The molecule has 0 radical (unpaired) electrons. The van der Waals surface area contributed by atoms with Crippen LogP contribution in [0.1, 0.15) is 26.7 Å². The Bertz CT molecular complexity index is 728. The highest BCUT2D eigenvalue weighted by Crippen LogP contribution is 2.28. The molecule has 1 fully saturated rings. The van der Waals surface area contributed by atoms with Crippen LogP contribution in [-0.2, 0) is 4.79 Å². The van der Waals surface area contributed by atoms with Crippen molar-refractivity contribution < 1.29 is 4.79 Å². The van der Waals surface area contributed by atoms with E-state index in [2.05, 4.69) is 17.1 Å². The number of amides is 1. The Morgan fingerprint density at radius 2 is 2.04 bits per heavy atom. The normalized spacial score (nSPS) is 17.7. The maximum absolute atomic E-state index is 12.6. The van der Waals surface area contributed by atoms with Gasteiger partial charge in [-0.25, -0.2) is 0 Å². The number of carbonyl (C=O) groups excluding carboxylic acids is 1. The van der Waals surface area contributed by atoms with Crippen LogP contribution in [0.3, 0.4) is 0 Å². The highest BCUT2D eigenvalue weighted by atomic mass is 35.5. The zero-order valence-electron chi connectivity index (χ0n) is 13.0. The number of rotatable bonds is 3.